The highest BCUT2D eigenvalue weighted by atomic mass is 35.5. The highest BCUT2D eigenvalue weighted by Crippen LogP contribution is 2.41. The Morgan fingerprint density at radius 2 is 1.50 bits per heavy atom. The first-order chi connectivity index (χ1) is 23.8. The number of hydrogen-bond acceptors (Lipinski definition) is 10. The minimum Gasteiger partial charge on any atom is -0.497 e. The van der Waals surface area contributed by atoms with E-state index >= 15 is 0 Å². The summed E-state index contributed by atoms with van der Waals surface area (Å²) in [4.78, 5) is 28.2. The van der Waals surface area contributed by atoms with Crippen molar-refractivity contribution >= 4 is 56.3 Å². The first-order valence-corrected chi connectivity index (χ1v) is 16.7. The number of benzene rings is 3. The van der Waals surface area contributed by atoms with Crippen LogP contribution >= 0.6 is 23.2 Å². The van der Waals surface area contributed by atoms with Crippen LogP contribution in [0.25, 0.3) is 0 Å². The molecule has 0 radical (unpaired) electrons. The molecule has 0 fully saturated rings. The van der Waals surface area contributed by atoms with E-state index in [1.54, 1.807) is 48.5 Å². The normalized spacial score (nSPS) is 13.5. The average molecular weight is 750 g/mol. The molecule has 17 heteroatoms. The summed E-state index contributed by atoms with van der Waals surface area (Å²) in [6, 6.07) is 17.3. The standard InChI is InChI=1S/C33H28Cl2F2N4O8S/c1-40(17-19-4-8-22(46-2)9-5-19)50(44,45)28-15-29(38-16-27(28)48-18-20-6-10-23(47-3)11-7-20)49-32-24(34)12-21(13-25(32)35)41-30(43)14-26(42)31(39-41)33(36)37/h4-13,15-16,33H,14,17-18H2,1-3H3. The van der Waals surface area contributed by atoms with Crippen LogP contribution in [0, 0.1) is 0 Å². The van der Waals surface area contributed by atoms with Gasteiger partial charge in [-0.05, 0) is 47.5 Å². The minimum atomic E-state index is -4.25. The Bertz CT molecular complexity index is 2030. The summed E-state index contributed by atoms with van der Waals surface area (Å²) in [5.41, 5.74) is 0.215. The fraction of sp³-hybridized carbons (Fsp3) is 0.212. The number of pyridine rings is 1. The average Bonchev–Trinajstić information content (AvgIpc) is 3.09. The van der Waals surface area contributed by atoms with Gasteiger partial charge in [0, 0.05) is 19.7 Å². The van der Waals surface area contributed by atoms with Gasteiger partial charge >= 0.3 is 0 Å². The lowest BCUT2D eigenvalue weighted by Gasteiger charge is -2.23. The number of carbonyl (C=O) groups is 2. The SMILES string of the molecule is COc1ccc(COc2cnc(Oc3c(Cl)cc(N4N=C(C(F)F)C(=O)CC4=O)cc3Cl)cc2S(=O)(=O)N(C)Cc2ccc(OC)cc2)cc1. The van der Waals surface area contributed by atoms with Crippen LogP contribution in [0.4, 0.5) is 14.5 Å². The van der Waals surface area contributed by atoms with E-state index in [0.29, 0.717) is 22.1 Å². The number of sulfonamides is 1. The second-order valence-electron chi connectivity index (χ2n) is 10.6. The third-order valence-electron chi connectivity index (χ3n) is 7.29. The summed E-state index contributed by atoms with van der Waals surface area (Å²) in [7, 11) is 0.205. The third kappa shape index (κ3) is 8.13. The van der Waals surface area contributed by atoms with E-state index in [-0.39, 0.29) is 51.2 Å². The van der Waals surface area contributed by atoms with Crippen molar-refractivity contribution in [1.82, 2.24) is 9.29 Å². The van der Waals surface area contributed by atoms with Gasteiger partial charge in [-0.15, -0.1) is 0 Å². The molecule has 1 aliphatic heterocycles. The summed E-state index contributed by atoms with van der Waals surface area (Å²) in [5.74, 6) is -1.24. The molecular formula is C33H28Cl2F2N4O8S. The predicted octanol–water partition coefficient (Wildman–Crippen LogP) is 6.52. The topological polar surface area (TPSA) is 137 Å². The first-order valence-electron chi connectivity index (χ1n) is 14.6. The van der Waals surface area contributed by atoms with Crippen molar-refractivity contribution < 1.29 is 45.7 Å². The number of hydrazone groups is 1. The van der Waals surface area contributed by atoms with Crippen LogP contribution < -0.4 is 24.0 Å². The Balaban J connectivity index is 1.47. The monoisotopic (exact) mass is 748 g/mol. The quantitative estimate of drug-likeness (QED) is 0.140. The minimum absolute atomic E-state index is 0.00154. The Hall–Kier alpha value is -4.83. The largest absolute Gasteiger partial charge is 0.497 e. The lowest BCUT2D eigenvalue weighted by molar-refractivity contribution is -0.124. The van der Waals surface area contributed by atoms with Crippen molar-refractivity contribution in [2.45, 2.75) is 30.9 Å². The van der Waals surface area contributed by atoms with Crippen LogP contribution in [-0.4, -0.2) is 62.8 Å². The van der Waals surface area contributed by atoms with Gasteiger partial charge in [0.05, 0.1) is 42.6 Å². The van der Waals surface area contributed by atoms with Crippen LogP contribution in [0.3, 0.4) is 0 Å². The second-order valence-corrected chi connectivity index (χ2v) is 13.5. The van der Waals surface area contributed by atoms with Crippen LogP contribution in [0.1, 0.15) is 17.5 Å². The van der Waals surface area contributed by atoms with Crippen LogP contribution in [0.15, 0.2) is 82.9 Å². The number of anilines is 1. The number of halogens is 4. The zero-order valence-corrected chi connectivity index (χ0v) is 28.9. The molecule has 1 amide bonds. The smallest absolute Gasteiger partial charge is 0.285 e. The van der Waals surface area contributed by atoms with Crippen LogP contribution in [0.5, 0.6) is 28.9 Å². The van der Waals surface area contributed by atoms with Gasteiger partial charge in [-0.1, -0.05) is 47.5 Å². The molecule has 1 aliphatic rings. The van der Waals surface area contributed by atoms with Crippen molar-refractivity contribution in [3.8, 4) is 28.9 Å². The van der Waals surface area contributed by atoms with Crippen molar-refractivity contribution in [3.63, 3.8) is 0 Å². The third-order valence-corrected chi connectivity index (χ3v) is 9.68. The second kappa shape index (κ2) is 15.4. The summed E-state index contributed by atoms with van der Waals surface area (Å²) in [6.45, 7) is -0.00919. The molecule has 0 saturated heterocycles. The molecule has 0 aliphatic carbocycles. The molecular weight excluding hydrogens is 721 g/mol. The van der Waals surface area contributed by atoms with Gasteiger partial charge in [-0.25, -0.2) is 22.2 Å². The van der Waals surface area contributed by atoms with Crippen molar-refractivity contribution in [3.05, 3.63) is 94.1 Å². The van der Waals surface area contributed by atoms with Crippen LogP contribution in [-0.2, 0) is 32.8 Å². The molecule has 0 N–H and O–H groups in total. The van der Waals surface area contributed by atoms with E-state index < -0.39 is 40.3 Å². The van der Waals surface area contributed by atoms with E-state index in [4.69, 9.17) is 42.1 Å². The number of hydrogen-bond donors (Lipinski definition) is 0. The maximum atomic E-state index is 14.0. The number of Topliss-reactive ketones (excluding diaryl/α,β-unsaturated/α-hetero) is 1. The number of nitrogens with zero attached hydrogens (tertiary/aromatic N) is 4. The molecule has 262 valence electrons. The highest BCUT2D eigenvalue weighted by Gasteiger charge is 2.34. The number of carbonyl (C=O) groups excluding carboxylic acids is 2. The van der Waals surface area contributed by atoms with Gasteiger partial charge in [-0.2, -0.15) is 14.4 Å². The molecule has 0 unspecified atom stereocenters. The number of aromatic nitrogens is 1. The summed E-state index contributed by atoms with van der Waals surface area (Å²) in [6.07, 6.45) is -2.85. The number of amides is 1. The fourth-order valence-corrected chi connectivity index (χ4v) is 6.48. The van der Waals surface area contributed by atoms with Gasteiger partial charge in [0.2, 0.25) is 15.9 Å². The molecule has 2 heterocycles. The fourth-order valence-electron chi connectivity index (χ4n) is 4.66. The van der Waals surface area contributed by atoms with E-state index in [1.165, 1.54) is 27.5 Å². The Labute approximate surface area is 295 Å². The molecule has 0 spiro atoms. The Kier molecular flexibility index (Phi) is 11.2. The molecule has 1 aromatic heterocycles. The lowest BCUT2D eigenvalue weighted by atomic mass is 10.1. The number of methoxy groups -OCH3 is 2. The zero-order valence-electron chi connectivity index (χ0n) is 26.6. The van der Waals surface area contributed by atoms with Gasteiger partial charge in [0.1, 0.15) is 23.0 Å². The Morgan fingerprint density at radius 3 is 2.06 bits per heavy atom. The molecule has 3 aromatic carbocycles. The zero-order chi connectivity index (χ0) is 36.2. The summed E-state index contributed by atoms with van der Waals surface area (Å²) >= 11 is 12.9. The van der Waals surface area contributed by atoms with Crippen LogP contribution in [0.2, 0.25) is 10.0 Å². The van der Waals surface area contributed by atoms with E-state index in [1.807, 2.05) is 0 Å². The predicted molar refractivity (Wildman–Crippen MR) is 180 cm³/mol. The van der Waals surface area contributed by atoms with Gasteiger partial charge in [0.25, 0.3) is 12.3 Å². The molecule has 5 rings (SSSR count). The maximum absolute atomic E-state index is 14.0. The van der Waals surface area contributed by atoms with Gasteiger partial charge < -0.3 is 18.9 Å². The van der Waals surface area contributed by atoms with E-state index in [0.717, 1.165) is 28.1 Å². The number of rotatable bonds is 13. The molecule has 12 nitrogen and oxygen atoms in total. The van der Waals surface area contributed by atoms with E-state index in [9.17, 15) is 26.8 Å². The molecule has 0 bridgehead atoms. The Morgan fingerprint density at radius 1 is 0.920 bits per heavy atom. The van der Waals surface area contributed by atoms with Gasteiger partial charge in [-0.3, -0.25) is 9.59 Å². The molecule has 50 heavy (non-hydrogen) atoms. The number of ether oxygens (including phenoxy) is 4. The van der Waals surface area contributed by atoms with Crippen molar-refractivity contribution in [1.29, 1.82) is 0 Å². The molecule has 4 aromatic rings. The van der Waals surface area contributed by atoms with Crippen molar-refractivity contribution in [2.75, 3.05) is 26.3 Å². The maximum Gasteiger partial charge on any atom is 0.285 e. The van der Waals surface area contributed by atoms with Gasteiger partial charge in [0.15, 0.2) is 23.0 Å². The van der Waals surface area contributed by atoms with Crippen molar-refractivity contribution in [2.24, 2.45) is 5.10 Å². The molecule has 0 saturated carbocycles. The first kappa shape index (κ1) is 36.5. The summed E-state index contributed by atoms with van der Waals surface area (Å²) in [5, 5.41) is 3.69. The lowest BCUT2D eigenvalue weighted by Crippen LogP contribution is -2.39. The highest BCUT2D eigenvalue weighted by molar-refractivity contribution is 7.89. The summed E-state index contributed by atoms with van der Waals surface area (Å²) < 4.78 is 77.9. The number of alkyl halides is 2. The van der Waals surface area contributed by atoms with E-state index in [2.05, 4.69) is 10.1 Å². The number of ketones is 1. The molecule has 0 atom stereocenters.